The van der Waals surface area contributed by atoms with Gasteiger partial charge >= 0.3 is 0 Å². The zero-order valence-electron chi connectivity index (χ0n) is 12.5. The van der Waals surface area contributed by atoms with Crippen LogP contribution in [0.3, 0.4) is 0 Å². The third kappa shape index (κ3) is 3.07. The average Bonchev–Trinajstić information content (AvgIpc) is 2.49. The summed E-state index contributed by atoms with van der Waals surface area (Å²) >= 11 is 0. The Bertz CT molecular complexity index is 590. The van der Waals surface area contributed by atoms with Crippen molar-refractivity contribution in [2.75, 3.05) is 6.61 Å². The number of hydrogen-bond acceptors (Lipinski definition) is 4. The van der Waals surface area contributed by atoms with Crippen LogP contribution in [0.1, 0.15) is 37.8 Å². The first-order valence-corrected chi connectivity index (χ1v) is 7.72. The summed E-state index contributed by atoms with van der Waals surface area (Å²) in [6.07, 6.45) is 7.56. The number of pyridine rings is 1. The second-order valence-electron chi connectivity index (χ2n) is 5.81. The summed E-state index contributed by atoms with van der Waals surface area (Å²) in [6.45, 7) is 2.87. The summed E-state index contributed by atoms with van der Waals surface area (Å²) in [7, 11) is 0. The molecule has 1 fully saturated rings. The SMILES string of the molecule is CCOC1CC(CC(NN)c2cccc3ccncc23)C1. The van der Waals surface area contributed by atoms with E-state index >= 15 is 0 Å². The molecule has 1 aromatic carbocycles. The zero-order chi connectivity index (χ0) is 14.7. The van der Waals surface area contributed by atoms with Gasteiger partial charge in [0.25, 0.3) is 0 Å². The van der Waals surface area contributed by atoms with Gasteiger partial charge in [-0.3, -0.25) is 16.3 Å². The van der Waals surface area contributed by atoms with Gasteiger partial charge in [0.1, 0.15) is 0 Å². The molecule has 2 aromatic rings. The van der Waals surface area contributed by atoms with E-state index in [-0.39, 0.29) is 6.04 Å². The normalized spacial score (nSPS) is 23.0. The minimum Gasteiger partial charge on any atom is -0.378 e. The fourth-order valence-corrected chi connectivity index (χ4v) is 3.30. The van der Waals surface area contributed by atoms with E-state index in [1.165, 1.54) is 16.3 Å². The maximum absolute atomic E-state index is 5.81. The Labute approximate surface area is 125 Å². The van der Waals surface area contributed by atoms with Crippen molar-refractivity contribution in [3.8, 4) is 0 Å². The molecule has 3 N–H and O–H groups in total. The van der Waals surface area contributed by atoms with Crippen molar-refractivity contribution in [3.63, 3.8) is 0 Å². The van der Waals surface area contributed by atoms with Crippen LogP contribution in [0.4, 0.5) is 0 Å². The summed E-state index contributed by atoms with van der Waals surface area (Å²) in [6, 6.07) is 8.56. The van der Waals surface area contributed by atoms with E-state index in [4.69, 9.17) is 10.6 Å². The molecule has 0 aliphatic heterocycles. The highest BCUT2D eigenvalue weighted by Crippen LogP contribution is 2.37. The number of nitrogens with two attached hydrogens (primary N) is 1. The van der Waals surface area contributed by atoms with E-state index in [2.05, 4.69) is 35.5 Å². The molecule has 0 saturated heterocycles. The lowest BCUT2D eigenvalue weighted by atomic mass is 9.77. The van der Waals surface area contributed by atoms with Crippen molar-refractivity contribution < 1.29 is 4.74 Å². The third-order valence-electron chi connectivity index (χ3n) is 4.46. The highest BCUT2D eigenvalue weighted by atomic mass is 16.5. The highest BCUT2D eigenvalue weighted by molar-refractivity contribution is 5.85. The predicted octanol–water partition coefficient (Wildman–Crippen LogP) is 2.94. The summed E-state index contributed by atoms with van der Waals surface area (Å²) in [5, 5.41) is 2.40. The smallest absolute Gasteiger partial charge is 0.0580 e. The van der Waals surface area contributed by atoms with Gasteiger partial charge in [-0.1, -0.05) is 18.2 Å². The van der Waals surface area contributed by atoms with E-state index in [1.54, 1.807) is 0 Å². The molecule has 1 aromatic heterocycles. The number of hydrazine groups is 1. The van der Waals surface area contributed by atoms with Gasteiger partial charge in [-0.2, -0.15) is 0 Å². The predicted molar refractivity (Wildman–Crippen MR) is 84.6 cm³/mol. The molecule has 1 atom stereocenters. The Balaban J connectivity index is 1.74. The maximum Gasteiger partial charge on any atom is 0.0580 e. The molecule has 4 heteroatoms. The number of nitrogens with one attached hydrogen (secondary N) is 1. The molecule has 1 unspecified atom stereocenters. The fraction of sp³-hybridized carbons (Fsp3) is 0.471. The van der Waals surface area contributed by atoms with Crippen molar-refractivity contribution >= 4 is 10.8 Å². The zero-order valence-corrected chi connectivity index (χ0v) is 12.5. The molecule has 0 bridgehead atoms. The van der Waals surface area contributed by atoms with Crippen molar-refractivity contribution in [1.29, 1.82) is 0 Å². The Hall–Kier alpha value is -1.49. The molecule has 21 heavy (non-hydrogen) atoms. The standard InChI is InChI=1S/C17H23N3O/c1-2-21-14-8-12(9-14)10-17(20-18)15-5-3-4-13-6-7-19-11-16(13)15/h3-7,11-12,14,17,20H,2,8-10,18H2,1H3. The van der Waals surface area contributed by atoms with Crippen LogP contribution in [-0.4, -0.2) is 17.7 Å². The van der Waals surface area contributed by atoms with Gasteiger partial charge in [0.15, 0.2) is 0 Å². The van der Waals surface area contributed by atoms with Gasteiger partial charge in [-0.25, -0.2) is 0 Å². The summed E-state index contributed by atoms with van der Waals surface area (Å²) in [4.78, 5) is 4.25. The quantitative estimate of drug-likeness (QED) is 0.633. The van der Waals surface area contributed by atoms with Gasteiger partial charge in [0.2, 0.25) is 0 Å². The van der Waals surface area contributed by atoms with Gasteiger partial charge in [0, 0.05) is 30.4 Å². The first-order valence-electron chi connectivity index (χ1n) is 7.72. The number of ether oxygens (including phenoxy) is 1. The lowest BCUT2D eigenvalue weighted by Gasteiger charge is -2.37. The van der Waals surface area contributed by atoms with E-state index in [0.29, 0.717) is 12.0 Å². The van der Waals surface area contributed by atoms with Gasteiger partial charge in [-0.15, -0.1) is 0 Å². The number of nitrogens with zero attached hydrogens (tertiary/aromatic N) is 1. The summed E-state index contributed by atoms with van der Waals surface area (Å²) < 4.78 is 5.64. The van der Waals surface area contributed by atoms with Crippen LogP contribution in [0.25, 0.3) is 10.8 Å². The van der Waals surface area contributed by atoms with E-state index < -0.39 is 0 Å². The number of aromatic nitrogens is 1. The van der Waals surface area contributed by atoms with Gasteiger partial charge in [-0.05, 0) is 49.1 Å². The molecule has 1 heterocycles. The van der Waals surface area contributed by atoms with Crippen LogP contribution >= 0.6 is 0 Å². The molecule has 112 valence electrons. The first-order chi connectivity index (χ1) is 10.3. The fourth-order valence-electron chi connectivity index (χ4n) is 3.30. The average molecular weight is 285 g/mol. The number of rotatable bonds is 6. The third-order valence-corrected chi connectivity index (χ3v) is 4.46. The number of fused-ring (bicyclic) bond motifs is 1. The van der Waals surface area contributed by atoms with Gasteiger partial charge in [0.05, 0.1) is 6.10 Å². The van der Waals surface area contributed by atoms with Crippen LogP contribution in [0.2, 0.25) is 0 Å². The molecule has 1 aliphatic rings. The van der Waals surface area contributed by atoms with Crippen LogP contribution in [0.15, 0.2) is 36.7 Å². The summed E-state index contributed by atoms with van der Waals surface area (Å²) in [5.74, 6) is 6.50. The molecular formula is C17H23N3O. The molecule has 1 saturated carbocycles. The highest BCUT2D eigenvalue weighted by Gasteiger charge is 2.31. The van der Waals surface area contributed by atoms with Crippen LogP contribution in [0, 0.1) is 5.92 Å². The molecule has 0 radical (unpaired) electrons. The molecule has 0 amide bonds. The Kier molecular flexibility index (Phi) is 4.48. The lowest BCUT2D eigenvalue weighted by molar-refractivity contribution is -0.0291. The van der Waals surface area contributed by atoms with E-state index in [9.17, 15) is 0 Å². The summed E-state index contributed by atoms with van der Waals surface area (Å²) in [5.41, 5.74) is 4.23. The topological polar surface area (TPSA) is 60.2 Å². The molecule has 4 nitrogen and oxygen atoms in total. The molecule has 3 rings (SSSR count). The minimum atomic E-state index is 0.172. The van der Waals surface area contributed by atoms with Crippen molar-refractivity contribution in [1.82, 2.24) is 10.4 Å². The maximum atomic E-state index is 5.81. The first kappa shape index (κ1) is 14.4. The van der Waals surface area contributed by atoms with Gasteiger partial charge < -0.3 is 4.74 Å². The Morgan fingerprint density at radius 1 is 1.38 bits per heavy atom. The Morgan fingerprint density at radius 3 is 3.00 bits per heavy atom. The van der Waals surface area contributed by atoms with Crippen molar-refractivity contribution in [2.24, 2.45) is 11.8 Å². The van der Waals surface area contributed by atoms with E-state index in [0.717, 1.165) is 25.9 Å². The lowest BCUT2D eigenvalue weighted by Crippen LogP contribution is -2.36. The molecule has 1 aliphatic carbocycles. The largest absolute Gasteiger partial charge is 0.378 e. The Morgan fingerprint density at radius 2 is 2.24 bits per heavy atom. The minimum absolute atomic E-state index is 0.172. The van der Waals surface area contributed by atoms with E-state index in [1.807, 2.05) is 18.5 Å². The second-order valence-corrected chi connectivity index (χ2v) is 5.81. The molecule has 0 spiro atoms. The number of hydrogen-bond donors (Lipinski definition) is 2. The molecular weight excluding hydrogens is 262 g/mol. The van der Waals surface area contributed by atoms with Crippen LogP contribution < -0.4 is 11.3 Å². The number of benzene rings is 1. The second kappa shape index (κ2) is 6.52. The van der Waals surface area contributed by atoms with Crippen LogP contribution in [-0.2, 0) is 4.74 Å². The van der Waals surface area contributed by atoms with Crippen molar-refractivity contribution in [2.45, 2.75) is 38.3 Å². The van der Waals surface area contributed by atoms with Crippen molar-refractivity contribution in [3.05, 3.63) is 42.2 Å². The van der Waals surface area contributed by atoms with Crippen LogP contribution in [0.5, 0.6) is 0 Å². The monoisotopic (exact) mass is 285 g/mol.